The number of alkyl halides is 3. The maximum Gasteiger partial charge on any atom is 0.421 e. The number of pyridine rings is 1. The van der Waals surface area contributed by atoms with E-state index >= 15 is 4.39 Å². The van der Waals surface area contributed by atoms with Crippen molar-refractivity contribution in [3.05, 3.63) is 59.3 Å². The van der Waals surface area contributed by atoms with Crippen LogP contribution in [0.2, 0.25) is 0 Å². The molecule has 42 heavy (non-hydrogen) atoms. The first-order chi connectivity index (χ1) is 19.9. The average Bonchev–Trinajstić information content (AvgIpc) is 3.43. The number of hydrogen-bond acceptors (Lipinski definition) is 7. The first kappa shape index (κ1) is 30.9. The summed E-state index contributed by atoms with van der Waals surface area (Å²) < 4.78 is 68.1. The quantitative estimate of drug-likeness (QED) is 0.303. The standard InChI is InChI=1S/C28H31F4N5O5/c1-16-4-6-19(7-5-16)26(38)37(17(2)15-41-3)24-21(27(39)40)11-20(12-23(24)29)42-25-22(28(30,31)32)10-18(13-33-25)14-36-34-8-9-35-36/h8-13,16-17,19H,4-7,14-15H2,1-3H3,(H,39,40)/t16?,17-,19?/m0/s1. The van der Waals surface area contributed by atoms with Gasteiger partial charge in [0.1, 0.15) is 11.3 Å². The molecule has 1 aliphatic rings. The summed E-state index contributed by atoms with van der Waals surface area (Å²) in [5, 5.41) is 17.7. The van der Waals surface area contributed by atoms with E-state index in [-0.39, 0.29) is 18.7 Å². The number of carbonyl (C=O) groups excluding carboxylic acids is 1. The van der Waals surface area contributed by atoms with E-state index in [1.54, 1.807) is 6.92 Å². The Morgan fingerprint density at radius 1 is 1.14 bits per heavy atom. The summed E-state index contributed by atoms with van der Waals surface area (Å²) in [5.74, 6) is -4.63. The number of carbonyl (C=O) groups is 2. The van der Waals surface area contributed by atoms with Gasteiger partial charge in [-0.1, -0.05) is 6.92 Å². The highest BCUT2D eigenvalue weighted by Gasteiger charge is 2.38. The molecule has 2 heterocycles. The van der Waals surface area contributed by atoms with Crippen LogP contribution in [0, 0.1) is 17.7 Å². The third-order valence-electron chi connectivity index (χ3n) is 7.18. The van der Waals surface area contributed by atoms with Gasteiger partial charge in [0.05, 0.1) is 42.8 Å². The van der Waals surface area contributed by atoms with Gasteiger partial charge in [-0.3, -0.25) is 4.79 Å². The van der Waals surface area contributed by atoms with Gasteiger partial charge in [-0.2, -0.15) is 28.2 Å². The van der Waals surface area contributed by atoms with E-state index in [1.165, 1.54) is 19.5 Å². The van der Waals surface area contributed by atoms with Crippen molar-refractivity contribution in [2.24, 2.45) is 11.8 Å². The molecule has 0 spiro atoms. The van der Waals surface area contributed by atoms with E-state index in [4.69, 9.17) is 9.47 Å². The normalized spacial score (nSPS) is 18.0. The van der Waals surface area contributed by atoms with Crippen molar-refractivity contribution in [3.8, 4) is 11.6 Å². The van der Waals surface area contributed by atoms with Crippen LogP contribution in [0.15, 0.2) is 36.8 Å². The van der Waals surface area contributed by atoms with Crippen LogP contribution in [0.3, 0.4) is 0 Å². The lowest BCUT2D eigenvalue weighted by atomic mass is 9.82. The third-order valence-corrected chi connectivity index (χ3v) is 7.18. The van der Waals surface area contributed by atoms with Gasteiger partial charge in [0.15, 0.2) is 5.82 Å². The Balaban J connectivity index is 1.72. The Kier molecular flexibility index (Phi) is 9.44. The molecule has 1 N–H and O–H groups in total. The van der Waals surface area contributed by atoms with Crippen LogP contribution in [0.4, 0.5) is 23.2 Å². The number of methoxy groups -OCH3 is 1. The first-order valence-electron chi connectivity index (χ1n) is 13.4. The number of anilines is 1. The Morgan fingerprint density at radius 3 is 2.40 bits per heavy atom. The number of ether oxygens (including phenoxy) is 2. The van der Waals surface area contributed by atoms with Crippen molar-refractivity contribution >= 4 is 17.6 Å². The number of carboxylic acids is 1. The molecule has 14 heteroatoms. The largest absolute Gasteiger partial charge is 0.478 e. The summed E-state index contributed by atoms with van der Waals surface area (Å²) >= 11 is 0. The molecule has 1 aromatic carbocycles. The Morgan fingerprint density at radius 2 is 1.81 bits per heavy atom. The van der Waals surface area contributed by atoms with E-state index in [9.17, 15) is 27.9 Å². The summed E-state index contributed by atoms with van der Waals surface area (Å²) in [6.45, 7) is 3.57. The lowest BCUT2D eigenvalue weighted by molar-refractivity contribution is -0.139. The molecule has 0 bridgehead atoms. The number of halogens is 4. The minimum atomic E-state index is -4.90. The van der Waals surface area contributed by atoms with Gasteiger partial charge in [0.25, 0.3) is 0 Å². The second-order valence-electron chi connectivity index (χ2n) is 10.4. The van der Waals surface area contributed by atoms with Crippen molar-refractivity contribution in [1.82, 2.24) is 20.0 Å². The van der Waals surface area contributed by atoms with Crippen LogP contribution in [-0.2, 0) is 22.3 Å². The molecule has 10 nitrogen and oxygen atoms in total. The van der Waals surface area contributed by atoms with Gasteiger partial charge in [-0.05, 0) is 56.2 Å². The third kappa shape index (κ3) is 7.04. The molecule has 1 saturated carbocycles. The summed E-state index contributed by atoms with van der Waals surface area (Å²) in [4.78, 5) is 32.0. The molecule has 0 aliphatic heterocycles. The van der Waals surface area contributed by atoms with E-state index in [2.05, 4.69) is 22.1 Å². The predicted molar refractivity (Wildman–Crippen MR) is 142 cm³/mol. The second kappa shape index (κ2) is 12.8. The van der Waals surface area contributed by atoms with Crippen molar-refractivity contribution in [2.75, 3.05) is 18.6 Å². The number of benzene rings is 1. The summed E-state index contributed by atoms with van der Waals surface area (Å²) in [5.41, 5.74) is -2.29. The molecule has 1 atom stereocenters. The maximum absolute atomic E-state index is 15.8. The maximum atomic E-state index is 15.8. The topological polar surface area (TPSA) is 120 Å². The van der Waals surface area contributed by atoms with Crippen molar-refractivity contribution in [2.45, 2.75) is 58.3 Å². The highest BCUT2D eigenvalue weighted by molar-refractivity contribution is 6.03. The monoisotopic (exact) mass is 593 g/mol. The average molecular weight is 594 g/mol. The highest BCUT2D eigenvalue weighted by atomic mass is 19.4. The first-order valence-corrected chi connectivity index (χ1v) is 13.4. The lowest BCUT2D eigenvalue weighted by Gasteiger charge is -2.35. The second-order valence-corrected chi connectivity index (χ2v) is 10.4. The summed E-state index contributed by atoms with van der Waals surface area (Å²) in [6, 6.07) is 1.68. The molecule has 0 saturated heterocycles. The molecule has 4 rings (SSSR count). The minimum Gasteiger partial charge on any atom is -0.478 e. The Bertz CT molecular complexity index is 1410. The molecule has 0 unspecified atom stereocenters. The van der Waals surface area contributed by atoms with Gasteiger partial charge >= 0.3 is 12.1 Å². The zero-order valence-electron chi connectivity index (χ0n) is 23.3. The number of aromatic nitrogens is 4. The molecule has 1 amide bonds. The number of carboxylic acid groups (broad SMARTS) is 1. The van der Waals surface area contributed by atoms with Gasteiger partial charge in [0, 0.05) is 25.3 Å². The van der Waals surface area contributed by atoms with E-state index in [0.29, 0.717) is 18.8 Å². The van der Waals surface area contributed by atoms with E-state index in [1.807, 2.05) is 0 Å². The van der Waals surface area contributed by atoms with Crippen LogP contribution in [0.1, 0.15) is 61.0 Å². The SMILES string of the molecule is COC[C@H](C)N(C(=O)C1CCC(C)CC1)c1c(F)cc(Oc2ncc(Cn3nccn3)cc2C(F)(F)F)cc1C(=O)O. The van der Waals surface area contributed by atoms with Crippen molar-refractivity contribution < 1.29 is 41.7 Å². The molecule has 226 valence electrons. The van der Waals surface area contributed by atoms with E-state index < -0.39 is 64.3 Å². The molecule has 1 aliphatic carbocycles. The van der Waals surface area contributed by atoms with Crippen LogP contribution in [0.25, 0.3) is 0 Å². The van der Waals surface area contributed by atoms with Crippen molar-refractivity contribution in [1.29, 1.82) is 0 Å². The lowest BCUT2D eigenvalue weighted by Crippen LogP contribution is -2.46. The Labute approximate surface area is 239 Å². The number of nitrogens with zero attached hydrogens (tertiary/aromatic N) is 5. The van der Waals surface area contributed by atoms with Crippen LogP contribution >= 0.6 is 0 Å². The van der Waals surface area contributed by atoms with Crippen LogP contribution in [0.5, 0.6) is 11.6 Å². The molecule has 1 fully saturated rings. The summed E-state index contributed by atoms with van der Waals surface area (Å²) in [7, 11) is 1.40. The molecule has 2 aromatic heterocycles. The van der Waals surface area contributed by atoms with Gasteiger partial charge in [-0.25, -0.2) is 14.2 Å². The van der Waals surface area contributed by atoms with Gasteiger partial charge in [0.2, 0.25) is 11.8 Å². The molecule has 3 aromatic rings. The van der Waals surface area contributed by atoms with E-state index in [0.717, 1.165) is 46.9 Å². The zero-order valence-corrected chi connectivity index (χ0v) is 23.3. The fraction of sp³-hybridized carbons (Fsp3) is 0.464. The van der Waals surface area contributed by atoms with Crippen molar-refractivity contribution in [3.63, 3.8) is 0 Å². The number of rotatable bonds is 10. The van der Waals surface area contributed by atoms with Gasteiger partial charge in [-0.15, -0.1) is 0 Å². The number of hydrogen-bond donors (Lipinski definition) is 1. The number of amides is 1. The number of aromatic carboxylic acids is 1. The summed E-state index contributed by atoms with van der Waals surface area (Å²) in [6.07, 6.45) is 1.70. The minimum absolute atomic E-state index is 0.00905. The molecular formula is C28H31F4N5O5. The molecular weight excluding hydrogens is 562 g/mol. The molecule has 0 radical (unpaired) electrons. The zero-order chi connectivity index (χ0) is 30.6. The fourth-order valence-electron chi connectivity index (χ4n) is 5.07. The highest BCUT2D eigenvalue weighted by Crippen LogP contribution is 2.40. The predicted octanol–water partition coefficient (Wildman–Crippen LogP) is 5.56. The Hall–Kier alpha value is -4.07. The fourth-order valence-corrected chi connectivity index (χ4v) is 5.07. The van der Waals surface area contributed by atoms with Crippen LogP contribution in [-0.4, -0.2) is 56.7 Å². The van der Waals surface area contributed by atoms with Gasteiger partial charge < -0.3 is 19.5 Å². The van der Waals surface area contributed by atoms with Crippen LogP contribution < -0.4 is 9.64 Å². The smallest absolute Gasteiger partial charge is 0.421 e.